The maximum absolute atomic E-state index is 6.42. The average molecular weight is 1150 g/mol. The van der Waals surface area contributed by atoms with Gasteiger partial charge in [-0.25, -0.2) is 0 Å². The Bertz CT molecular complexity index is 3180. The Kier molecular flexibility index (Phi) is 16.0. The van der Waals surface area contributed by atoms with Gasteiger partial charge >= 0.3 is 0 Å². The van der Waals surface area contributed by atoms with Crippen LogP contribution in [0.25, 0.3) is 11.1 Å². The number of benzene rings is 4. The van der Waals surface area contributed by atoms with Crippen molar-refractivity contribution in [3.63, 3.8) is 0 Å². The molecule has 7 unspecified atom stereocenters. The zero-order chi connectivity index (χ0) is 61.5. The Hall–Kier alpha value is -4.21. The van der Waals surface area contributed by atoms with Crippen LogP contribution in [-0.2, 0) is 21.7 Å². The van der Waals surface area contributed by atoms with Crippen molar-refractivity contribution >= 4 is 27.6 Å². The molecule has 0 aliphatic heterocycles. The van der Waals surface area contributed by atoms with Crippen LogP contribution in [0.1, 0.15) is 212 Å². The Balaban J connectivity index is 0.000000200. The van der Waals surface area contributed by atoms with E-state index in [4.69, 9.17) is 9.47 Å². The fourth-order valence-electron chi connectivity index (χ4n) is 19.1. The van der Waals surface area contributed by atoms with E-state index in [1.807, 2.05) is 0 Å². The topological polar surface area (TPSA) is 24.9 Å². The minimum Gasteiger partial charge on any atom is -0.457 e. The van der Waals surface area contributed by atoms with Gasteiger partial charge in [-0.15, -0.1) is 0 Å². The van der Waals surface area contributed by atoms with Gasteiger partial charge in [0.05, 0.1) is 0 Å². The van der Waals surface area contributed by atoms with Crippen molar-refractivity contribution < 1.29 is 9.47 Å². The van der Waals surface area contributed by atoms with E-state index >= 15 is 0 Å². The summed E-state index contributed by atoms with van der Waals surface area (Å²) in [6.07, 6.45) is 14.8. The van der Waals surface area contributed by atoms with E-state index in [0.717, 1.165) is 40.0 Å². The van der Waals surface area contributed by atoms with Crippen LogP contribution >= 0.6 is 0 Å². The smallest absolute Gasteiger partial charge is 0.127 e. The zero-order valence-electron chi connectivity index (χ0n) is 57.3. The van der Waals surface area contributed by atoms with Gasteiger partial charge in [-0.1, -0.05) is 169 Å². The van der Waals surface area contributed by atoms with E-state index in [9.17, 15) is 0 Å². The molecule has 4 aromatic rings. The van der Waals surface area contributed by atoms with Gasteiger partial charge < -0.3 is 18.6 Å². The molecule has 6 aliphatic carbocycles. The van der Waals surface area contributed by atoms with Crippen LogP contribution in [-0.4, -0.2) is 47.8 Å². The van der Waals surface area contributed by atoms with Gasteiger partial charge in [0, 0.05) is 33.0 Å². The molecule has 83 heavy (non-hydrogen) atoms. The van der Waals surface area contributed by atoms with Crippen molar-refractivity contribution in [3.05, 3.63) is 154 Å². The third kappa shape index (κ3) is 11.8. The molecule has 4 nitrogen and oxygen atoms in total. The maximum atomic E-state index is 6.42. The monoisotopic (exact) mass is 1150 g/mol. The molecule has 0 spiro atoms. The molecular weight excluding hydrogens is 1040 g/mol. The first-order valence-electron chi connectivity index (χ1n) is 32.2. The van der Waals surface area contributed by atoms with Crippen molar-refractivity contribution in [2.75, 3.05) is 0 Å². The highest BCUT2D eigenvalue weighted by molar-refractivity contribution is 6.77. The van der Waals surface area contributed by atoms with Gasteiger partial charge in [-0.3, -0.25) is 0 Å². The van der Waals surface area contributed by atoms with E-state index in [1.165, 1.54) is 74.9 Å². The second-order valence-electron chi connectivity index (χ2n) is 34.8. The summed E-state index contributed by atoms with van der Waals surface area (Å²) in [4.78, 5) is 0. The summed E-state index contributed by atoms with van der Waals surface area (Å²) in [6, 6.07) is 30.8. The molecule has 450 valence electrons. The average Bonchev–Trinajstić information content (AvgIpc) is 1.70. The van der Waals surface area contributed by atoms with E-state index in [1.54, 1.807) is 0 Å². The van der Waals surface area contributed by atoms with Crippen LogP contribution in [0.15, 0.2) is 120 Å². The predicted octanol–water partition coefficient (Wildman–Crippen LogP) is 22.0. The molecule has 2 fully saturated rings. The molecule has 0 bridgehead atoms. The van der Waals surface area contributed by atoms with E-state index in [-0.39, 0.29) is 43.8 Å². The first-order valence-corrected chi connectivity index (χ1v) is 38.3. The fourth-order valence-corrected chi connectivity index (χ4v) is 31.6. The Labute approximate surface area is 509 Å². The quantitative estimate of drug-likeness (QED) is 0.164. The lowest BCUT2D eigenvalue weighted by Gasteiger charge is -2.57. The lowest BCUT2D eigenvalue weighted by molar-refractivity contribution is 0.121. The summed E-state index contributed by atoms with van der Waals surface area (Å²) in [5.74, 6) is 6.89. The molecule has 4 aromatic carbocycles. The van der Waals surface area contributed by atoms with Crippen LogP contribution in [0.3, 0.4) is 0 Å². The molecule has 6 aliphatic rings. The number of ether oxygens (including phenoxy) is 2. The van der Waals surface area contributed by atoms with Crippen molar-refractivity contribution in [2.24, 2.45) is 29.6 Å². The number of hydrogen-bond donors (Lipinski definition) is 0. The number of fused-ring (bicyclic) bond motifs is 8. The third-order valence-electron chi connectivity index (χ3n) is 20.7. The first-order chi connectivity index (χ1) is 37.8. The number of rotatable bonds is 8. The molecule has 0 heterocycles. The van der Waals surface area contributed by atoms with Gasteiger partial charge in [0.1, 0.15) is 39.5 Å². The summed E-state index contributed by atoms with van der Waals surface area (Å²) in [5.41, 5.74) is 16.6. The van der Waals surface area contributed by atoms with E-state index in [0.29, 0.717) is 23.7 Å². The fraction of sp³-hybridized carbons (Fsp3) is 0.584. The summed E-state index contributed by atoms with van der Waals surface area (Å²) in [7, 11) is -3.62. The van der Waals surface area contributed by atoms with Crippen LogP contribution < -0.4 is 9.47 Å². The molecule has 0 radical (unpaired) electrons. The van der Waals surface area contributed by atoms with Crippen molar-refractivity contribution in [3.8, 4) is 23.0 Å². The van der Waals surface area contributed by atoms with Crippen LogP contribution in [0, 0.1) is 29.6 Å². The minimum atomic E-state index is -1.84. The summed E-state index contributed by atoms with van der Waals surface area (Å²) >= 11 is 0. The molecule has 0 aromatic heterocycles. The Morgan fingerprint density at radius 3 is 1.18 bits per heavy atom. The molecule has 10 rings (SSSR count). The number of allylic oxidation sites excluding steroid dienone is 8. The van der Waals surface area contributed by atoms with Crippen molar-refractivity contribution in [1.82, 2.24) is 9.13 Å². The highest BCUT2D eigenvalue weighted by atomic mass is 28.3. The molecular formula is C77H112N2O2Si2. The maximum Gasteiger partial charge on any atom is 0.127 e. The largest absolute Gasteiger partial charge is 0.457 e. The number of hydrogen-bond acceptors (Lipinski definition) is 4. The highest BCUT2D eigenvalue weighted by Gasteiger charge is 2.58. The Morgan fingerprint density at radius 2 is 0.795 bits per heavy atom. The first kappa shape index (κ1) is 63.3. The Morgan fingerprint density at radius 1 is 0.434 bits per heavy atom. The molecule has 0 saturated heterocycles. The van der Waals surface area contributed by atoms with Crippen LogP contribution in [0.2, 0.25) is 37.3 Å². The van der Waals surface area contributed by atoms with E-state index in [2.05, 4.69) is 304 Å². The van der Waals surface area contributed by atoms with Crippen LogP contribution in [0.5, 0.6) is 23.0 Å². The summed E-state index contributed by atoms with van der Waals surface area (Å²) < 4.78 is 18.7. The summed E-state index contributed by atoms with van der Waals surface area (Å²) in [5, 5.41) is 0. The minimum absolute atomic E-state index is 0.0336. The van der Waals surface area contributed by atoms with Gasteiger partial charge in [0.25, 0.3) is 0 Å². The molecule has 0 amide bonds. The van der Waals surface area contributed by atoms with Crippen molar-refractivity contribution in [1.29, 1.82) is 0 Å². The zero-order valence-corrected chi connectivity index (χ0v) is 59.3. The molecule has 6 heteroatoms. The second kappa shape index (κ2) is 21.0. The highest BCUT2D eigenvalue weighted by Crippen LogP contribution is 2.63. The normalized spacial score (nSPS) is 24.8. The number of nitrogens with zero attached hydrogens (tertiary/aromatic N) is 2. The lowest BCUT2D eigenvalue weighted by atomic mass is 9.76. The van der Waals surface area contributed by atoms with Gasteiger partial charge in [0.15, 0.2) is 0 Å². The third-order valence-corrected chi connectivity index (χ3v) is 30.8. The lowest BCUT2D eigenvalue weighted by Crippen LogP contribution is -2.67. The van der Waals surface area contributed by atoms with Gasteiger partial charge in [-0.05, 0) is 252 Å². The molecule has 7 atom stereocenters. The van der Waals surface area contributed by atoms with Crippen LogP contribution in [0.4, 0.5) is 0 Å². The van der Waals surface area contributed by atoms with Gasteiger partial charge in [0.2, 0.25) is 0 Å². The standard InChI is InChI=1S/C39H57NOSi.C38H55NOSi/c1-25-21-26-22-32-30-20-19-29(41-28-17-15-27(16-18-28)36(2,3)4)23-33(30)39(11,12)34(32)24-31(26)35(25)42(13,14)40(37(5,6)7)38(8,9)10;1-35(2,3)26-15-17-27(18-16-26)40-28-19-20-29-31-22-25-14-21-34(30(25)24-33(31)38(10,11)32(29)23-28)41(12,13)39(36(4,5)6)37(7,8)9/h15-20,22-26,31,35H,21H2,1-14H3;15-20,22-25,30,34H,14,21H2,1-13H3. The van der Waals surface area contributed by atoms with Crippen molar-refractivity contribution in [2.45, 2.75) is 260 Å². The van der Waals surface area contributed by atoms with E-state index < -0.39 is 16.5 Å². The van der Waals surface area contributed by atoms with Gasteiger partial charge in [-0.2, -0.15) is 0 Å². The summed E-state index contributed by atoms with van der Waals surface area (Å²) in [6.45, 7) is 65.5. The second-order valence-corrected chi connectivity index (χ2v) is 43.7. The molecule has 2 saturated carbocycles. The SMILES string of the molecule is CC(C)(C)c1ccc(Oc2ccc3c(c2)C(C)(C)C2=CC4C(C=C23)CCC4[Si](C)(C)N(C(C)(C)C)C(C)(C)C)cc1.CC1CC2C=C3C(=CC2C1[Si](C)(C)N(C(C)(C)C)C(C)(C)C)C(C)(C)c1cc(Oc2ccc(C(C)(C)C)cc2)ccc13. The molecule has 0 N–H and O–H groups in total. The predicted molar refractivity (Wildman–Crippen MR) is 364 cm³/mol.